The van der Waals surface area contributed by atoms with Crippen molar-refractivity contribution < 1.29 is 23.0 Å². The summed E-state index contributed by atoms with van der Waals surface area (Å²) < 4.78 is 33.5. The van der Waals surface area contributed by atoms with Gasteiger partial charge in [0.15, 0.2) is 0 Å². The topological polar surface area (TPSA) is 73.6 Å². The van der Waals surface area contributed by atoms with Gasteiger partial charge in [0.05, 0.1) is 13.2 Å². The Hall–Kier alpha value is -1.89. The summed E-state index contributed by atoms with van der Waals surface area (Å²) in [4.78, 5) is 11.3. The van der Waals surface area contributed by atoms with E-state index in [-0.39, 0.29) is 18.9 Å². The van der Waals surface area contributed by atoms with E-state index in [0.717, 1.165) is 0 Å². The fraction of sp³-hybridized carbons (Fsp3) is 0.462. The van der Waals surface area contributed by atoms with Gasteiger partial charge in [-0.3, -0.25) is 4.79 Å². The van der Waals surface area contributed by atoms with Crippen molar-refractivity contribution in [1.29, 1.82) is 0 Å². The molecule has 1 amide bonds. The van der Waals surface area contributed by atoms with E-state index in [9.17, 15) is 13.6 Å². The van der Waals surface area contributed by atoms with Gasteiger partial charge < -0.3 is 20.5 Å². The van der Waals surface area contributed by atoms with Gasteiger partial charge in [0.25, 0.3) is 6.43 Å². The minimum Gasteiger partial charge on any atom is -0.492 e. The van der Waals surface area contributed by atoms with Gasteiger partial charge in [0.1, 0.15) is 19.0 Å². The van der Waals surface area contributed by atoms with Crippen LogP contribution in [0.5, 0.6) is 5.75 Å². The van der Waals surface area contributed by atoms with Crippen molar-refractivity contribution in [2.45, 2.75) is 12.8 Å². The van der Waals surface area contributed by atoms with Crippen LogP contribution in [0.1, 0.15) is 6.42 Å². The Bertz CT molecular complexity index is 399. The molecule has 1 rings (SSSR count). The van der Waals surface area contributed by atoms with Crippen LogP contribution in [-0.4, -0.2) is 38.7 Å². The normalized spacial score (nSPS) is 10.6. The summed E-state index contributed by atoms with van der Waals surface area (Å²) in [5.41, 5.74) is 6.17. The van der Waals surface area contributed by atoms with Crippen LogP contribution in [-0.2, 0) is 9.53 Å². The second-order valence-corrected chi connectivity index (χ2v) is 3.98. The summed E-state index contributed by atoms with van der Waals surface area (Å²) in [6.07, 6.45) is -2.46. The van der Waals surface area contributed by atoms with Crippen LogP contribution in [0.2, 0.25) is 0 Å². The molecule has 20 heavy (non-hydrogen) atoms. The predicted octanol–water partition coefficient (Wildman–Crippen LogP) is 1.44. The average molecular weight is 288 g/mol. The number of benzene rings is 1. The molecule has 0 radical (unpaired) electrons. The summed E-state index contributed by atoms with van der Waals surface area (Å²) in [6.45, 7) is -0.0197. The maximum atomic E-state index is 11.7. The predicted molar refractivity (Wildman–Crippen MR) is 70.8 cm³/mol. The zero-order valence-electron chi connectivity index (χ0n) is 11.0. The fourth-order valence-corrected chi connectivity index (χ4v) is 1.35. The van der Waals surface area contributed by atoms with E-state index >= 15 is 0 Å². The first-order valence-electron chi connectivity index (χ1n) is 6.19. The van der Waals surface area contributed by atoms with Gasteiger partial charge in [0.2, 0.25) is 5.91 Å². The standard InChI is InChI=1S/C13H18F2N2O3/c14-12(15)9-19-7-5-13(18)17-6-8-20-11-3-1-10(16)2-4-11/h1-4,12H,5-9,16H2,(H,17,18). The van der Waals surface area contributed by atoms with Crippen LogP contribution in [0, 0.1) is 0 Å². The number of amides is 1. The number of nitrogens with two attached hydrogens (primary N) is 1. The molecule has 0 bridgehead atoms. The molecule has 1 aromatic carbocycles. The summed E-state index contributed by atoms with van der Waals surface area (Å²) in [5.74, 6) is 0.397. The van der Waals surface area contributed by atoms with E-state index in [1.165, 1.54) is 0 Å². The number of hydrogen-bond donors (Lipinski definition) is 2. The number of rotatable bonds is 9. The molecule has 0 atom stereocenters. The molecule has 0 aliphatic carbocycles. The van der Waals surface area contributed by atoms with E-state index in [0.29, 0.717) is 24.6 Å². The molecule has 5 nitrogen and oxygen atoms in total. The van der Waals surface area contributed by atoms with Crippen molar-refractivity contribution in [3.63, 3.8) is 0 Å². The minimum atomic E-state index is -2.51. The largest absolute Gasteiger partial charge is 0.492 e. The smallest absolute Gasteiger partial charge is 0.261 e. The second kappa shape index (κ2) is 9.08. The van der Waals surface area contributed by atoms with Crippen molar-refractivity contribution in [2.24, 2.45) is 0 Å². The first-order chi connectivity index (χ1) is 9.58. The number of anilines is 1. The average Bonchev–Trinajstić information content (AvgIpc) is 2.41. The van der Waals surface area contributed by atoms with Gasteiger partial charge in [-0.25, -0.2) is 8.78 Å². The molecule has 1 aromatic rings. The van der Waals surface area contributed by atoms with Gasteiger partial charge in [0, 0.05) is 12.1 Å². The SMILES string of the molecule is Nc1ccc(OCCNC(=O)CCOCC(F)F)cc1. The number of halogens is 2. The molecule has 0 heterocycles. The van der Waals surface area contributed by atoms with Crippen molar-refractivity contribution in [3.05, 3.63) is 24.3 Å². The summed E-state index contributed by atoms with van der Waals surface area (Å²) in [6, 6.07) is 6.90. The summed E-state index contributed by atoms with van der Waals surface area (Å²) in [7, 11) is 0. The summed E-state index contributed by atoms with van der Waals surface area (Å²) in [5, 5.41) is 2.60. The number of nitrogens with one attached hydrogen (secondary N) is 1. The quantitative estimate of drug-likeness (QED) is 0.532. The Morgan fingerprint density at radius 2 is 1.95 bits per heavy atom. The molecule has 0 aromatic heterocycles. The third-order valence-corrected chi connectivity index (χ3v) is 2.29. The monoisotopic (exact) mass is 288 g/mol. The molecular formula is C13H18F2N2O3. The van der Waals surface area contributed by atoms with E-state index in [1.807, 2.05) is 0 Å². The molecule has 7 heteroatoms. The molecular weight excluding hydrogens is 270 g/mol. The number of nitrogen functional groups attached to an aromatic ring is 1. The number of carbonyl (C=O) groups excluding carboxylic acids is 1. The van der Waals surface area contributed by atoms with E-state index in [2.05, 4.69) is 10.1 Å². The van der Waals surface area contributed by atoms with Crippen molar-refractivity contribution in [2.75, 3.05) is 32.1 Å². The zero-order valence-corrected chi connectivity index (χ0v) is 11.0. The number of alkyl halides is 2. The molecule has 0 unspecified atom stereocenters. The highest BCUT2D eigenvalue weighted by Gasteiger charge is 2.04. The van der Waals surface area contributed by atoms with Gasteiger partial charge in [-0.1, -0.05) is 0 Å². The molecule has 3 N–H and O–H groups in total. The lowest BCUT2D eigenvalue weighted by Crippen LogP contribution is -2.29. The van der Waals surface area contributed by atoms with Gasteiger partial charge in [-0.05, 0) is 24.3 Å². The Kier molecular flexibility index (Phi) is 7.34. The Morgan fingerprint density at radius 1 is 1.25 bits per heavy atom. The van der Waals surface area contributed by atoms with E-state index < -0.39 is 13.0 Å². The molecule has 112 valence electrons. The van der Waals surface area contributed by atoms with Gasteiger partial charge in [-0.15, -0.1) is 0 Å². The molecule has 0 aliphatic rings. The van der Waals surface area contributed by atoms with Crippen LogP contribution in [0.25, 0.3) is 0 Å². The molecule has 0 fully saturated rings. The number of hydrogen-bond acceptors (Lipinski definition) is 4. The second-order valence-electron chi connectivity index (χ2n) is 3.98. The van der Waals surface area contributed by atoms with Crippen LogP contribution in [0.15, 0.2) is 24.3 Å². The lowest BCUT2D eigenvalue weighted by molar-refractivity contribution is -0.122. The summed E-state index contributed by atoms with van der Waals surface area (Å²) >= 11 is 0. The van der Waals surface area contributed by atoms with Crippen LogP contribution in [0.4, 0.5) is 14.5 Å². The first kappa shape index (κ1) is 16.2. The van der Waals surface area contributed by atoms with Gasteiger partial charge >= 0.3 is 0 Å². The maximum Gasteiger partial charge on any atom is 0.261 e. The number of ether oxygens (including phenoxy) is 2. The third kappa shape index (κ3) is 7.52. The molecule has 0 saturated heterocycles. The minimum absolute atomic E-state index is 0.0189. The van der Waals surface area contributed by atoms with Crippen molar-refractivity contribution in [3.8, 4) is 5.75 Å². The highest BCUT2D eigenvalue weighted by atomic mass is 19.3. The molecule has 0 spiro atoms. The van der Waals surface area contributed by atoms with Crippen LogP contribution >= 0.6 is 0 Å². The highest BCUT2D eigenvalue weighted by molar-refractivity contribution is 5.75. The Labute approximate surface area is 116 Å². The highest BCUT2D eigenvalue weighted by Crippen LogP contribution is 2.12. The third-order valence-electron chi connectivity index (χ3n) is 2.29. The van der Waals surface area contributed by atoms with Crippen molar-refractivity contribution in [1.82, 2.24) is 5.32 Å². The van der Waals surface area contributed by atoms with E-state index in [1.54, 1.807) is 24.3 Å². The van der Waals surface area contributed by atoms with Crippen molar-refractivity contribution >= 4 is 11.6 Å². The van der Waals surface area contributed by atoms with Gasteiger partial charge in [-0.2, -0.15) is 0 Å². The zero-order chi connectivity index (χ0) is 14.8. The van der Waals surface area contributed by atoms with E-state index in [4.69, 9.17) is 10.5 Å². The first-order valence-corrected chi connectivity index (χ1v) is 6.19. The lowest BCUT2D eigenvalue weighted by atomic mass is 10.3. The Balaban J connectivity index is 2.03. The molecule has 0 saturated carbocycles. The van der Waals surface area contributed by atoms with Crippen LogP contribution in [0.3, 0.4) is 0 Å². The Morgan fingerprint density at radius 3 is 2.60 bits per heavy atom. The fourth-order valence-electron chi connectivity index (χ4n) is 1.35. The number of carbonyl (C=O) groups is 1. The lowest BCUT2D eigenvalue weighted by Gasteiger charge is -2.08. The maximum absolute atomic E-state index is 11.7. The van der Waals surface area contributed by atoms with Crippen LogP contribution < -0.4 is 15.8 Å². The molecule has 0 aliphatic heterocycles.